The van der Waals surface area contributed by atoms with Gasteiger partial charge < -0.3 is 10.6 Å². The Labute approximate surface area is 166 Å². The van der Waals surface area contributed by atoms with Crippen LogP contribution in [0.15, 0.2) is 48.5 Å². The number of rotatable bonds is 6. The van der Waals surface area contributed by atoms with Crippen molar-refractivity contribution in [2.45, 2.75) is 13.0 Å². The molecule has 4 amide bonds. The molecule has 0 fully saturated rings. The van der Waals surface area contributed by atoms with Crippen molar-refractivity contribution < 1.29 is 19.2 Å². The summed E-state index contributed by atoms with van der Waals surface area (Å²) < 4.78 is 0. The maximum absolute atomic E-state index is 12.4. The molecular weight excluding hydrogens is 382 g/mol. The molecule has 0 bridgehead atoms. The average molecular weight is 400 g/mol. The molecule has 8 heteroatoms. The Morgan fingerprint density at radius 1 is 0.929 bits per heavy atom. The van der Waals surface area contributed by atoms with Crippen molar-refractivity contribution in [3.63, 3.8) is 0 Å². The molecule has 0 spiro atoms. The first kappa shape index (κ1) is 19.6. The topological polar surface area (TPSA) is 95.6 Å². The highest BCUT2D eigenvalue weighted by Crippen LogP contribution is 2.24. The van der Waals surface area contributed by atoms with E-state index in [1.807, 2.05) is 0 Å². The van der Waals surface area contributed by atoms with Crippen molar-refractivity contribution in [1.29, 1.82) is 0 Å². The summed E-state index contributed by atoms with van der Waals surface area (Å²) in [6.07, 6.45) is 0. The largest absolute Gasteiger partial charge is 0.353 e. The second kappa shape index (κ2) is 8.22. The molecule has 1 heterocycles. The van der Waals surface area contributed by atoms with E-state index in [0.717, 1.165) is 4.90 Å². The molecule has 0 aromatic heterocycles. The number of halogens is 1. The van der Waals surface area contributed by atoms with Gasteiger partial charge in [0, 0.05) is 13.1 Å². The molecule has 1 aliphatic rings. The Morgan fingerprint density at radius 2 is 1.46 bits per heavy atom. The lowest BCUT2D eigenvalue weighted by Gasteiger charge is -2.21. The minimum atomic E-state index is -0.966. The smallest absolute Gasteiger partial charge is 0.262 e. The van der Waals surface area contributed by atoms with E-state index in [0.29, 0.717) is 21.7 Å². The van der Waals surface area contributed by atoms with Gasteiger partial charge in [0.1, 0.15) is 6.04 Å². The molecule has 0 saturated carbocycles. The Kier molecular flexibility index (Phi) is 5.75. The van der Waals surface area contributed by atoms with E-state index in [1.54, 1.807) is 48.5 Å². The zero-order valence-corrected chi connectivity index (χ0v) is 15.8. The molecule has 1 aliphatic heterocycles. The Morgan fingerprint density at radius 3 is 2.07 bits per heavy atom. The fraction of sp³-hybridized carbons (Fsp3) is 0.200. The first-order valence-corrected chi connectivity index (χ1v) is 9.07. The van der Waals surface area contributed by atoms with Crippen molar-refractivity contribution in [1.82, 2.24) is 15.5 Å². The summed E-state index contributed by atoms with van der Waals surface area (Å²) in [7, 11) is 0. The van der Waals surface area contributed by atoms with Crippen LogP contribution in [-0.4, -0.2) is 47.7 Å². The van der Waals surface area contributed by atoms with Crippen LogP contribution in [-0.2, 0) is 4.79 Å². The van der Waals surface area contributed by atoms with Crippen LogP contribution < -0.4 is 10.6 Å². The quantitative estimate of drug-likeness (QED) is 0.572. The zero-order chi connectivity index (χ0) is 20.3. The Balaban J connectivity index is 1.52. The van der Waals surface area contributed by atoms with Gasteiger partial charge in [0.25, 0.3) is 17.7 Å². The first-order chi connectivity index (χ1) is 13.4. The van der Waals surface area contributed by atoms with Gasteiger partial charge in [-0.3, -0.25) is 24.1 Å². The number of amides is 4. The second-order valence-corrected chi connectivity index (χ2v) is 6.64. The van der Waals surface area contributed by atoms with Gasteiger partial charge in [0.2, 0.25) is 5.91 Å². The number of hydrogen-bond donors (Lipinski definition) is 2. The van der Waals surface area contributed by atoms with Crippen LogP contribution in [0.25, 0.3) is 0 Å². The molecule has 0 radical (unpaired) electrons. The fourth-order valence-electron chi connectivity index (χ4n) is 2.93. The van der Waals surface area contributed by atoms with Gasteiger partial charge in [0.15, 0.2) is 0 Å². The molecule has 28 heavy (non-hydrogen) atoms. The summed E-state index contributed by atoms with van der Waals surface area (Å²) >= 11 is 5.96. The predicted octanol–water partition coefficient (Wildman–Crippen LogP) is 1.87. The minimum absolute atomic E-state index is 0.141. The Hall–Kier alpha value is -3.19. The van der Waals surface area contributed by atoms with Crippen molar-refractivity contribution in [3.05, 3.63) is 70.2 Å². The minimum Gasteiger partial charge on any atom is -0.353 e. The van der Waals surface area contributed by atoms with E-state index in [4.69, 9.17) is 11.6 Å². The standard InChI is InChI=1S/C20H18ClN3O4/c1-12(24-19(27)13-6-2-3-7-14(13)20(24)28)17(25)22-10-11-23-18(26)15-8-4-5-9-16(15)21/h2-9,12H,10-11H2,1H3,(H,22,25)(H,23,26). The number of benzene rings is 2. The highest BCUT2D eigenvalue weighted by atomic mass is 35.5. The van der Waals surface area contributed by atoms with E-state index in [1.165, 1.54) is 6.92 Å². The number of nitrogens with one attached hydrogen (secondary N) is 2. The highest BCUT2D eigenvalue weighted by Gasteiger charge is 2.40. The summed E-state index contributed by atoms with van der Waals surface area (Å²) in [5, 5.41) is 5.60. The molecule has 144 valence electrons. The number of carbonyl (C=O) groups excluding carboxylic acids is 4. The number of hydrogen-bond acceptors (Lipinski definition) is 4. The maximum atomic E-state index is 12.4. The van der Waals surface area contributed by atoms with Crippen molar-refractivity contribution in [2.24, 2.45) is 0 Å². The van der Waals surface area contributed by atoms with Gasteiger partial charge in [-0.1, -0.05) is 35.9 Å². The zero-order valence-electron chi connectivity index (χ0n) is 15.1. The molecule has 2 aromatic carbocycles. The Bertz CT molecular complexity index is 925. The summed E-state index contributed by atoms with van der Waals surface area (Å²) in [5.41, 5.74) is 0.924. The third-order valence-corrected chi connectivity index (χ3v) is 4.75. The predicted molar refractivity (Wildman–Crippen MR) is 103 cm³/mol. The summed E-state index contributed by atoms with van der Waals surface area (Å²) in [4.78, 5) is 50.2. The van der Waals surface area contributed by atoms with Crippen molar-refractivity contribution in [2.75, 3.05) is 13.1 Å². The van der Waals surface area contributed by atoms with Gasteiger partial charge in [-0.25, -0.2) is 0 Å². The van der Waals surface area contributed by atoms with Gasteiger partial charge in [-0.15, -0.1) is 0 Å². The second-order valence-electron chi connectivity index (χ2n) is 6.23. The van der Waals surface area contributed by atoms with Crippen LogP contribution in [0.1, 0.15) is 38.0 Å². The third-order valence-electron chi connectivity index (χ3n) is 4.42. The van der Waals surface area contributed by atoms with E-state index >= 15 is 0 Å². The lowest BCUT2D eigenvalue weighted by atomic mass is 10.1. The molecular formula is C20H18ClN3O4. The summed E-state index contributed by atoms with van der Waals surface area (Å²) in [6, 6.07) is 12.1. The summed E-state index contributed by atoms with van der Waals surface area (Å²) in [5.74, 6) is -1.82. The molecule has 2 N–H and O–H groups in total. The number of carbonyl (C=O) groups is 4. The van der Waals surface area contributed by atoms with Crippen molar-refractivity contribution >= 4 is 35.2 Å². The number of fused-ring (bicyclic) bond motifs is 1. The van der Waals surface area contributed by atoms with Gasteiger partial charge >= 0.3 is 0 Å². The number of imide groups is 1. The molecule has 3 rings (SSSR count). The van der Waals surface area contributed by atoms with E-state index in [2.05, 4.69) is 10.6 Å². The SMILES string of the molecule is CC(C(=O)NCCNC(=O)c1ccccc1Cl)N1C(=O)c2ccccc2C1=O. The van der Waals surface area contributed by atoms with Crippen LogP contribution in [0.4, 0.5) is 0 Å². The van der Waals surface area contributed by atoms with Crippen LogP contribution in [0, 0.1) is 0 Å². The summed E-state index contributed by atoms with van der Waals surface area (Å²) in [6.45, 7) is 1.80. The molecule has 1 atom stereocenters. The van der Waals surface area contributed by atoms with Crippen molar-refractivity contribution in [3.8, 4) is 0 Å². The molecule has 0 saturated heterocycles. The van der Waals surface area contributed by atoms with E-state index in [9.17, 15) is 19.2 Å². The fourth-order valence-corrected chi connectivity index (χ4v) is 3.15. The first-order valence-electron chi connectivity index (χ1n) is 8.69. The molecule has 2 aromatic rings. The lowest BCUT2D eigenvalue weighted by Crippen LogP contribution is -2.49. The van der Waals surface area contributed by atoms with Crippen LogP contribution in [0.3, 0.4) is 0 Å². The lowest BCUT2D eigenvalue weighted by molar-refractivity contribution is -0.124. The molecule has 1 unspecified atom stereocenters. The number of nitrogens with zero attached hydrogens (tertiary/aromatic N) is 1. The third kappa shape index (κ3) is 3.75. The monoisotopic (exact) mass is 399 g/mol. The van der Waals surface area contributed by atoms with Gasteiger partial charge in [-0.05, 0) is 31.2 Å². The van der Waals surface area contributed by atoms with E-state index in [-0.39, 0.29) is 19.0 Å². The molecule has 0 aliphatic carbocycles. The molecule has 7 nitrogen and oxygen atoms in total. The normalized spacial score (nSPS) is 13.9. The van der Waals surface area contributed by atoms with Gasteiger partial charge in [0.05, 0.1) is 21.7 Å². The average Bonchev–Trinajstić information content (AvgIpc) is 2.95. The van der Waals surface area contributed by atoms with E-state index < -0.39 is 23.8 Å². The van der Waals surface area contributed by atoms with Crippen LogP contribution in [0.2, 0.25) is 5.02 Å². The highest BCUT2D eigenvalue weighted by molar-refractivity contribution is 6.33. The van der Waals surface area contributed by atoms with Crippen LogP contribution in [0.5, 0.6) is 0 Å². The maximum Gasteiger partial charge on any atom is 0.262 e. The van der Waals surface area contributed by atoms with Gasteiger partial charge in [-0.2, -0.15) is 0 Å². The van der Waals surface area contributed by atoms with Crippen LogP contribution >= 0.6 is 11.6 Å².